The summed E-state index contributed by atoms with van der Waals surface area (Å²) in [5.41, 5.74) is 9.14. The van der Waals surface area contributed by atoms with Gasteiger partial charge >= 0.3 is 5.97 Å². The molecule has 0 radical (unpaired) electrons. The summed E-state index contributed by atoms with van der Waals surface area (Å²) in [7, 11) is 0. The van der Waals surface area contributed by atoms with E-state index in [9.17, 15) is 9.90 Å². The van der Waals surface area contributed by atoms with Crippen molar-refractivity contribution in [1.29, 1.82) is 5.26 Å². The van der Waals surface area contributed by atoms with Gasteiger partial charge in [0.1, 0.15) is 0 Å². The molecule has 0 heterocycles. The smallest absolute Gasteiger partial charge is 0.330 e. The summed E-state index contributed by atoms with van der Waals surface area (Å²) in [6.45, 7) is 1.99. The van der Waals surface area contributed by atoms with Crippen molar-refractivity contribution in [3.8, 4) is 6.07 Å². The van der Waals surface area contributed by atoms with Crippen molar-refractivity contribution in [2.45, 2.75) is 19.4 Å². The van der Waals surface area contributed by atoms with Gasteiger partial charge in [0.25, 0.3) is 0 Å². The first-order chi connectivity index (χ1) is 10.5. The summed E-state index contributed by atoms with van der Waals surface area (Å²) in [4.78, 5) is 11.6. The van der Waals surface area contributed by atoms with Crippen molar-refractivity contribution < 1.29 is 9.90 Å². The second kappa shape index (κ2) is 6.64. The molecule has 2 aromatic rings. The number of nitrogen functional groups attached to an aromatic ring is 1. The monoisotopic (exact) mass is 295 g/mol. The Bertz CT molecular complexity index is 718. The zero-order valence-electron chi connectivity index (χ0n) is 12.2. The Labute approximate surface area is 129 Å². The molecule has 5 nitrogen and oxygen atoms in total. The summed E-state index contributed by atoms with van der Waals surface area (Å²) < 4.78 is 0. The molecule has 2 rings (SSSR count). The maximum absolute atomic E-state index is 11.6. The van der Waals surface area contributed by atoms with Gasteiger partial charge in [-0.3, -0.25) is 0 Å². The molecular formula is C17H17N3O2. The minimum absolute atomic E-state index is 0.523. The molecule has 0 aromatic heterocycles. The van der Waals surface area contributed by atoms with Crippen LogP contribution in [0.25, 0.3) is 0 Å². The van der Waals surface area contributed by atoms with E-state index in [2.05, 4.69) is 5.32 Å². The lowest BCUT2D eigenvalue weighted by molar-refractivity contribution is -0.138. The van der Waals surface area contributed by atoms with Crippen molar-refractivity contribution in [2.75, 3.05) is 11.1 Å². The van der Waals surface area contributed by atoms with Crippen LogP contribution in [0, 0.1) is 11.3 Å². The Morgan fingerprint density at radius 2 is 2.00 bits per heavy atom. The molecule has 0 fully saturated rings. The predicted octanol–water partition coefficient (Wildman–Crippen LogP) is 2.94. The van der Waals surface area contributed by atoms with Gasteiger partial charge in [0.2, 0.25) is 0 Å². The van der Waals surface area contributed by atoms with Crippen molar-refractivity contribution in [1.82, 2.24) is 0 Å². The van der Waals surface area contributed by atoms with E-state index in [0.29, 0.717) is 22.5 Å². The van der Waals surface area contributed by atoms with Gasteiger partial charge in [-0.25, -0.2) is 4.79 Å². The van der Waals surface area contributed by atoms with Gasteiger partial charge in [-0.15, -0.1) is 0 Å². The highest BCUT2D eigenvalue weighted by molar-refractivity contribution is 5.80. The maximum Gasteiger partial charge on any atom is 0.330 e. The molecule has 4 N–H and O–H groups in total. The summed E-state index contributed by atoms with van der Waals surface area (Å²) in [5, 5.41) is 21.2. The van der Waals surface area contributed by atoms with E-state index in [1.165, 1.54) is 0 Å². The second-order valence-electron chi connectivity index (χ2n) is 4.97. The highest BCUT2D eigenvalue weighted by Gasteiger charge is 2.20. The fourth-order valence-electron chi connectivity index (χ4n) is 2.21. The second-order valence-corrected chi connectivity index (χ2v) is 4.97. The molecule has 0 aliphatic rings. The third kappa shape index (κ3) is 3.55. The van der Waals surface area contributed by atoms with Crippen LogP contribution in [0.15, 0.2) is 42.5 Å². The minimum Gasteiger partial charge on any atom is -0.479 e. The minimum atomic E-state index is -0.989. The van der Waals surface area contributed by atoms with Gasteiger partial charge in [-0.2, -0.15) is 5.26 Å². The van der Waals surface area contributed by atoms with Crippen LogP contribution in [0.5, 0.6) is 0 Å². The van der Waals surface area contributed by atoms with Crippen LogP contribution in [0.2, 0.25) is 0 Å². The van der Waals surface area contributed by atoms with Gasteiger partial charge in [0.15, 0.2) is 6.04 Å². The topological polar surface area (TPSA) is 99.1 Å². The van der Waals surface area contributed by atoms with Crippen molar-refractivity contribution in [2.24, 2.45) is 0 Å². The number of nitrogens with one attached hydrogen (secondary N) is 1. The van der Waals surface area contributed by atoms with Crippen LogP contribution in [-0.4, -0.2) is 11.1 Å². The first-order valence-corrected chi connectivity index (χ1v) is 6.92. The van der Waals surface area contributed by atoms with E-state index in [1.807, 2.05) is 25.1 Å². The molecule has 0 amide bonds. The van der Waals surface area contributed by atoms with E-state index in [4.69, 9.17) is 11.0 Å². The lowest BCUT2D eigenvalue weighted by Crippen LogP contribution is -2.20. The average molecular weight is 295 g/mol. The van der Waals surface area contributed by atoms with Crippen LogP contribution < -0.4 is 11.1 Å². The summed E-state index contributed by atoms with van der Waals surface area (Å²) in [6, 6.07) is 13.1. The van der Waals surface area contributed by atoms with E-state index in [-0.39, 0.29) is 0 Å². The normalized spacial score (nSPS) is 11.5. The quantitative estimate of drug-likeness (QED) is 0.736. The molecule has 0 saturated carbocycles. The number of nitrogens with two attached hydrogens (primary N) is 1. The molecule has 1 atom stereocenters. The number of carboxylic acid groups (broad SMARTS) is 1. The first kappa shape index (κ1) is 15.4. The summed E-state index contributed by atoms with van der Waals surface area (Å²) in [5.74, 6) is -0.989. The Morgan fingerprint density at radius 3 is 2.55 bits per heavy atom. The van der Waals surface area contributed by atoms with Crippen molar-refractivity contribution in [3.63, 3.8) is 0 Å². The number of carboxylic acids is 1. The number of anilines is 2. The van der Waals surface area contributed by atoms with Crippen molar-refractivity contribution in [3.05, 3.63) is 59.2 Å². The lowest BCUT2D eigenvalue weighted by Gasteiger charge is -2.17. The van der Waals surface area contributed by atoms with Crippen LogP contribution >= 0.6 is 0 Å². The third-order valence-corrected chi connectivity index (χ3v) is 3.35. The summed E-state index contributed by atoms with van der Waals surface area (Å²) >= 11 is 0. The van der Waals surface area contributed by atoms with Gasteiger partial charge < -0.3 is 16.2 Å². The molecule has 0 bridgehead atoms. The van der Waals surface area contributed by atoms with Gasteiger partial charge in [-0.1, -0.05) is 13.0 Å². The number of aryl methyl sites for hydroxylation is 1. The molecule has 0 saturated heterocycles. The zero-order chi connectivity index (χ0) is 16.1. The Morgan fingerprint density at radius 1 is 1.32 bits per heavy atom. The zero-order valence-corrected chi connectivity index (χ0v) is 12.2. The number of benzene rings is 2. The van der Waals surface area contributed by atoms with Crippen LogP contribution in [-0.2, 0) is 11.2 Å². The Kier molecular flexibility index (Phi) is 4.64. The standard InChI is InChI=1S/C17H17N3O2/c1-2-11-7-13(9-14(19)8-11)16(17(21)22)20-15-5-3-12(10-18)4-6-15/h3-9,16,20H,2,19H2,1H3,(H,21,22). The van der Waals surface area contributed by atoms with Gasteiger partial charge in [0, 0.05) is 11.4 Å². The molecule has 0 aliphatic carbocycles. The number of aliphatic carboxylic acids is 1. The SMILES string of the molecule is CCc1cc(N)cc(C(Nc2ccc(C#N)cc2)C(=O)O)c1. The number of nitriles is 1. The van der Waals surface area contributed by atoms with Gasteiger partial charge in [0.05, 0.1) is 11.6 Å². The van der Waals surface area contributed by atoms with Crippen LogP contribution in [0.3, 0.4) is 0 Å². The number of carbonyl (C=O) groups is 1. The molecule has 0 aliphatic heterocycles. The number of hydrogen-bond donors (Lipinski definition) is 3. The molecular weight excluding hydrogens is 278 g/mol. The summed E-state index contributed by atoms with van der Waals surface area (Å²) in [6.07, 6.45) is 0.779. The Hall–Kier alpha value is -3.00. The molecule has 5 heteroatoms. The number of nitrogens with zero attached hydrogens (tertiary/aromatic N) is 1. The molecule has 22 heavy (non-hydrogen) atoms. The fraction of sp³-hybridized carbons (Fsp3) is 0.176. The van der Waals surface area contributed by atoms with E-state index >= 15 is 0 Å². The molecule has 1 unspecified atom stereocenters. The fourth-order valence-corrected chi connectivity index (χ4v) is 2.21. The maximum atomic E-state index is 11.6. The Balaban J connectivity index is 2.32. The first-order valence-electron chi connectivity index (χ1n) is 6.92. The van der Waals surface area contributed by atoms with E-state index in [0.717, 1.165) is 12.0 Å². The predicted molar refractivity (Wildman–Crippen MR) is 85.4 cm³/mol. The average Bonchev–Trinajstić information content (AvgIpc) is 2.52. The van der Waals surface area contributed by atoms with E-state index in [1.54, 1.807) is 30.3 Å². The highest BCUT2D eigenvalue weighted by Crippen LogP contribution is 2.24. The highest BCUT2D eigenvalue weighted by atomic mass is 16.4. The van der Waals surface area contributed by atoms with Crippen LogP contribution in [0.1, 0.15) is 29.7 Å². The number of rotatable bonds is 5. The molecule has 2 aromatic carbocycles. The van der Waals surface area contributed by atoms with Crippen LogP contribution in [0.4, 0.5) is 11.4 Å². The largest absolute Gasteiger partial charge is 0.479 e. The number of hydrogen-bond acceptors (Lipinski definition) is 4. The third-order valence-electron chi connectivity index (χ3n) is 3.35. The van der Waals surface area contributed by atoms with Gasteiger partial charge in [-0.05, 0) is 53.9 Å². The van der Waals surface area contributed by atoms with E-state index < -0.39 is 12.0 Å². The van der Waals surface area contributed by atoms with Crippen molar-refractivity contribution >= 4 is 17.3 Å². The molecule has 0 spiro atoms. The lowest BCUT2D eigenvalue weighted by atomic mass is 10.0. The molecule has 112 valence electrons.